The van der Waals surface area contributed by atoms with Gasteiger partial charge in [-0.15, -0.1) is 0 Å². The molecular formula is C31H41NO8SSi. The van der Waals surface area contributed by atoms with Crippen molar-refractivity contribution in [2.24, 2.45) is 11.3 Å². The second-order valence-corrected chi connectivity index (χ2v) is 19.4. The summed E-state index contributed by atoms with van der Waals surface area (Å²) < 4.78 is 47.2. The van der Waals surface area contributed by atoms with Crippen LogP contribution in [0.3, 0.4) is 0 Å². The second-order valence-electron chi connectivity index (χ2n) is 12.8. The number of amides is 1. The minimum Gasteiger partial charge on any atom is -0.460 e. The fourth-order valence-electron chi connectivity index (χ4n) is 5.60. The largest absolute Gasteiger partial charge is 0.460 e. The van der Waals surface area contributed by atoms with Gasteiger partial charge >= 0.3 is 5.97 Å². The molecule has 2 aliphatic rings. The second kappa shape index (κ2) is 11.7. The lowest BCUT2D eigenvalue weighted by atomic mass is 9.59. The molecule has 2 aromatic carbocycles. The number of ether oxygens (including phenoxy) is 2. The summed E-state index contributed by atoms with van der Waals surface area (Å²) in [5, 5.41) is -0.273. The number of hydrogen-bond acceptors (Lipinski definition) is 8. The van der Waals surface area contributed by atoms with Gasteiger partial charge in [0.15, 0.2) is 13.7 Å². The van der Waals surface area contributed by atoms with Gasteiger partial charge in [0.25, 0.3) is 15.9 Å². The van der Waals surface area contributed by atoms with Crippen LogP contribution in [-0.2, 0) is 44.9 Å². The number of hydrogen-bond donors (Lipinski definition) is 0. The molecule has 1 aliphatic heterocycles. The average molecular weight is 616 g/mol. The summed E-state index contributed by atoms with van der Waals surface area (Å²) in [6, 6.07) is 15.2. The fourth-order valence-corrected chi connectivity index (χ4v) is 8.39. The number of rotatable bonds is 8. The van der Waals surface area contributed by atoms with Crippen molar-refractivity contribution in [2.75, 3.05) is 13.7 Å². The Hall–Kier alpha value is -2.86. The van der Waals surface area contributed by atoms with Gasteiger partial charge in [0.1, 0.15) is 12.4 Å². The SMILES string of the molecule is COC1CC(=O)C[C@H]2[C@H](O[Si](C)(C)C(C)(C)C)CN(S(=O)(=O)c3ccc(C)cc3)C(=O)[C@@]12C(=O)OCc1ccccc1. The first-order valence-corrected chi connectivity index (χ1v) is 18.5. The van der Waals surface area contributed by atoms with E-state index in [9.17, 15) is 22.8 Å². The number of Topliss-reactive ketones (excluding diaryl/α,β-unsaturated/α-hetero) is 1. The zero-order chi connectivity index (χ0) is 31.1. The molecule has 0 spiro atoms. The zero-order valence-corrected chi connectivity index (χ0v) is 27.2. The van der Waals surface area contributed by atoms with Crippen molar-refractivity contribution < 1.29 is 36.7 Å². The van der Waals surface area contributed by atoms with Gasteiger partial charge < -0.3 is 13.9 Å². The Bertz CT molecular complexity index is 1440. The summed E-state index contributed by atoms with van der Waals surface area (Å²) in [7, 11) is -5.70. The fraction of sp³-hybridized carbons (Fsp3) is 0.516. The third-order valence-electron chi connectivity index (χ3n) is 9.02. The van der Waals surface area contributed by atoms with Crippen LogP contribution in [0.15, 0.2) is 59.5 Å². The highest BCUT2D eigenvalue weighted by atomic mass is 32.2. The molecule has 9 nitrogen and oxygen atoms in total. The van der Waals surface area contributed by atoms with Crippen LogP contribution in [-0.4, -0.2) is 64.6 Å². The number of sulfonamides is 1. The first-order chi connectivity index (χ1) is 19.6. The van der Waals surface area contributed by atoms with Gasteiger partial charge in [-0.2, -0.15) is 0 Å². The van der Waals surface area contributed by atoms with Gasteiger partial charge in [-0.1, -0.05) is 68.8 Å². The molecule has 11 heteroatoms. The van der Waals surface area contributed by atoms with Crippen LogP contribution >= 0.6 is 0 Å². The molecule has 1 unspecified atom stereocenters. The zero-order valence-electron chi connectivity index (χ0n) is 25.4. The Kier molecular flexibility index (Phi) is 8.91. The Morgan fingerprint density at radius 3 is 2.21 bits per heavy atom. The van der Waals surface area contributed by atoms with Gasteiger partial charge in [0.05, 0.1) is 23.6 Å². The maximum Gasteiger partial charge on any atom is 0.325 e. The predicted octanol–water partition coefficient (Wildman–Crippen LogP) is 4.64. The number of ketones is 1. The van der Waals surface area contributed by atoms with E-state index in [-0.39, 0.29) is 41.7 Å². The molecule has 0 radical (unpaired) electrons. The molecule has 0 bridgehead atoms. The summed E-state index contributed by atoms with van der Waals surface area (Å²) in [6.45, 7) is 11.5. The van der Waals surface area contributed by atoms with Crippen molar-refractivity contribution in [1.29, 1.82) is 0 Å². The minimum atomic E-state index is -4.42. The first-order valence-electron chi connectivity index (χ1n) is 14.1. The highest BCUT2D eigenvalue weighted by Gasteiger charge is 2.69. The summed E-state index contributed by atoms with van der Waals surface area (Å²) >= 11 is 0. The number of piperidine rings is 1. The first kappa shape index (κ1) is 32.1. The van der Waals surface area contributed by atoms with Gasteiger partial charge in [-0.05, 0) is 42.8 Å². The third-order valence-corrected chi connectivity index (χ3v) is 15.3. The molecule has 4 atom stereocenters. The van der Waals surface area contributed by atoms with Gasteiger partial charge in [0, 0.05) is 25.9 Å². The maximum atomic E-state index is 14.6. The van der Waals surface area contributed by atoms with E-state index < -0.39 is 53.8 Å². The van der Waals surface area contributed by atoms with E-state index >= 15 is 0 Å². The normalized spacial score (nSPS) is 25.2. The third kappa shape index (κ3) is 5.71. The minimum absolute atomic E-state index is 0.0837. The summed E-state index contributed by atoms with van der Waals surface area (Å²) in [6.07, 6.45) is -2.54. The Balaban J connectivity index is 1.89. The molecule has 1 saturated heterocycles. The number of benzene rings is 2. The molecule has 0 N–H and O–H groups in total. The summed E-state index contributed by atoms with van der Waals surface area (Å²) in [4.78, 5) is 41.9. The quantitative estimate of drug-likeness (QED) is 0.240. The van der Waals surface area contributed by atoms with Crippen LogP contribution in [0.2, 0.25) is 18.1 Å². The number of aryl methyl sites for hydroxylation is 1. The lowest BCUT2D eigenvalue weighted by Crippen LogP contribution is -2.71. The van der Waals surface area contributed by atoms with Crippen LogP contribution in [0.25, 0.3) is 0 Å². The summed E-state index contributed by atoms with van der Waals surface area (Å²) in [5.41, 5.74) is -0.564. The van der Waals surface area contributed by atoms with E-state index in [0.29, 0.717) is 5.56 Å². The molecule has 1 amide bonds. The molecule has 42 heavy (non-hydrogen) atoms. The van der Waals surface area contributed by atoms with Crippen LogP contribution in [0.1, 0.15) is 44.7 Å². The number of carbonyl (C=O) groups is 3. The predicted molar refractivity (Wildman–Crippen MR) is 159 cm³/mol. The lowest BCUT2D eigenvalue weighted by Gasteiger charge is -2.54. The Labute approximate surface area is 249 Å². The molecule has 228 valence electrons. The number of fused-ring (bicyclic) bond motifs is 1. The van der Waals surface area contributed by atoms with Crippen molar-refractivity contribution in [2.45, 2.75) is 82.4 Å². The van der Waals surface area contributed by atoms with Crippen LogP contribution in [0.4, 0.5) is 0 Å². The molecule has 4 rings (SSSR count). The van der Waals surface area contributed by atoms with E-state index in [0.717, 1.165) is 9.87 Å². The van der Waals surface area contributed by atoms with E-state index in [4.69, 9.17) is 13.9 Å². The highest BCUT2D eigenvalue weighted by molar-refractivity contribution is 7.89. The van der Waals surface area contributed by atoms with Crippen LogP contribution in [0.5, 0.6) is 0 Å². The van der Waals surface area contributed by atoms with E-state index in [1.54, 1.807) is 36.4 Å². The number of esters is 1. The van der Waals surface area contributed by atoms with Crippen molar-refractivity contribution in [3.05, 3.63) is 65.7 Å². The average Bonchev–Trinajstić information content (AvgIpc) is 2.92. The van der Waals surface area contributed by atoms with Crippen molar-refractivity contribution in [1.82, 2.24) is 4.31 Å². The lowest BCUT2D eigenvalue weighted by molar-refractivity contribution is -0.198. The smallest absolute Gasteiger partial charge is 0.325 e. The molecule has 1 saturated carbocycles. The standard InChI is InChI=1S/C31H41NO8SSi/c1-21-13-15-24(16-14-21)41(36,37)32-19-26(40-42(6,7)30(2,3)4)25-17-23(33)18-27(38-5)31(25,28(32)34)29(35)39-20-22-11-9-8-10-12-22/h8-16,25-27H,17-20H2,1-7H3/t25-,26+,27?,31-/m0/s1. The maximum absolute atomic E-state index is 14.6. The molecule has 1 heterocycles. The van der Waals surface area contributed by atoms with Crippen molar-refractivity contribution in [3.8, 4) is 0 Å². The Morgan fingerprint density at radius 2 is 1.64 bits per heavy atom. The van der Waals surface area contributed by atoms with Gasteiger partial charge in [-0.25, -0.2) is 12.7 Å². The highest BCUT2D eigenvalue weighted by Crippen LogP contribution is 2.52. The number of methoxy groups -OCH3 is 1. The van der Waals surface area contributed by atoms with E-state index in [1.165, 1.54) is 19.2 Å². The monoisotopic (exact) mass is 615 g/mol. The Morgan fingerprint density at radius 1 is 1.02 bits per heavy atom. The molecule has 2 aromatic rings. The number of carbonyl (C=O) groups excluding carboxylic acids is 3. The van der Waals surface area contributed by atoms with Gasteiger partial charge in [0.2, 0.25) is 0 Å². The number of nitrogens with zero attached hydrogens (tertiary/aromatic N) is 1. The molecule has 0 aromatic heterocycles. The van der Waals surface area contributed by atoms with Crippen LogP contribution < -0.4 is 0 Å². The van der Waals surface area contributed by atoms with Gasteiger partial charge in [-0.3, -0.25) is 14.4 Å². The topological polar surface area (TPSA) is 116 Å². The molecular weight excluding hydrogens is 574 g/mol. The van der Waals surface area contributed by atoms with E-state index in [2.05, 4.69) is 0 Å². The van der Waals surface area contributed by atoms with Crippen LogP contribution in [0, 0.1) is 18.3 Å². The van der Waals surface area contributed by atoms with Crippen molar-refractivity contribution >= 4 is 36.0 Å². The summed E-state index contributed by atoms with van der Waals surface area (Å²) in [5.74, 6) is -3.04. The van der Waals surface area contributed by atoms with Crippen molar-refractivity contribution in [3.63, 3.8) is 0 Å². The molecule has 1 aliphatic carbocycles. The molecule has 2 fully saturated rings. The van der Waals surface area contributed by atoms with E-state index in [1.807, 2.05) is 46.9 Å².